The van der Waals surface area contributed by atoms with Crippen LogP contribution in [0.4, 0.5) is 0 Å². The molecule has 2 saturated heterocycles. The number of rotatable bonds is 8. The van der Waals surface area contributed by atoms with Gasteiger partial charge in [0.15, 0.2) is 5.96 Å². The summed E-state index contributed by atoms with van der Waals surface area (Å²) in [4.78, 5) is 11.0. The smallest absolute Gasteiger partial charge is 0.191 e. The van der Waals surface area contributed by atoms with Crippen molar-refractivity contribution in [3.8, 4) is 0 Å². The second-order valence-electron chi connectivity index (χ2n) is 8.02. The molecule has 0 bridgehead atoms. The van der Waals surface area contributed by atoms with E-state index in [1.165, 1.54) is 30.8 Å². The second kappa shape index (κ2) is 13.1. The standard InChI is InChI=1S/C21H37N5OS.HI/c1-17-15-25(16-18(2)27-17)10-7-9-23-21(22-3)24-14-19(20-8-6-13-28-20)26-11-4-5-12-26;/h6,8,13,17-19H,4-5,7,9-12,14-16H2,1-3H3,(H2,22,23,24);1H. The Morgan fingerprint density at radius 1 is 1.24 bits per heavy atom. The van der Waals surface area contributed by atoms with Gasteiger partial charge in [-0.05, 0) is 57.6 Å². The average molecular weight is 536 g/mol. The minimum Gasteiger partial charge on any atom is -0.373 e. The first-order chi connectivity index (χ1) is 13.7. The van der Waals surface area contributed by atoms with E-state index < -0.39 is 0 Å². The number of hydrogen-bond donors (Lipinski definition) is 2. The maximum absolute atomic E-state index is 5.82. The van der Waals surface area contributed by atoms with E-state index in [-0.39, 0.29) is 24.0 Å². The van der Waals surface area contributed by atoms with Gasteiger partial charge in [0.25, 0.3) is 0 Å². The van der Waals surface area contributed by atoms with E-state index in [2.05, 4.69) is 56.8 Å². The molecule has 2 aliphatic heterocycles. The van der Waals surface area contributed by atoms with Gasteiger partial charge in [-0.3, -0.25) is 14.8 Å². The van der Waals surface area contributed by atoms with Crippen LogP contribution in [0.5, 0.6) is 0 Å². The van der Waals surface area contributed by atoms with E-state index in [0.717, 1.165) is 45.1 Å². The van der Waals surface area contributed by atoms with E-state index in [1.54, 1.807) is 0 Å². The van der Waals surface area contributed by atoms with Crippen LogP contribution in [0.25, 0.3) is 0 Å². The lowest BCUT2D eigenvalue weighted by Gasteiger charge is -2.35. The first-order valence-electron chi connectivity index (χ1n) is 10.8. The number of hydrogen-bond acceptors (Lipinski definition) is 5. The molecule has 3 unspecified atom stereocenters. The lowest BCUT2D eigenvalue weighted by atomic mass is 10.2. The lowest BCUT2D eigenvalue weighted by Crippen LogP contribution is -2.46. The Bertz CT molecular complexity index is 584. The molecule has 0 aromatic carbocycles. The molecule has 2 fully saturated rings. The number of aliphatic imine (C=N–C) groups is 1. The van der Waals surface area contributed by atoms with Crippen molar-refractivity contribution in [2.45, 2.75) is 51.4 Å². The molecule has 3 atom stereocenters. The number of guanidine groups is 1. The third-order valence-corrected chi connectivity index (χ3v) is 6.55. The van der Waals surface area contributed by atoms with Crippen LogP contribution in [0, 0.1) is 0 Å². The van der Waals surface area contributed by atoms with Gasteiger partial charge in [0.05, 0.1) is 18.2 Å². The molecule has 1 aromatic rings. The summed E-state index contributed by atoms with van der Waals surface area (Å²) in [6.45, 7) is 11.7. The summed E-state index contributed by atoms with van der Waals surface area (Å²) in [5.41, 5.74) is 0. The zero-order valence-corrected chi connectivity index (χ0v) is 21.2. The zero-order chi connectivity index (χ0) is 19.8. The molecule has 1 aromatic heterocycles. The van der Waals surface area contributed by atoms with E-state index >= 15 is 0 Å². The van der Waals surface area contributed by atoms with Crippen LogP contribution in [-0.4, -0.2) is 80.8 Å². The van der Waals surface area contributed by atoms with Gasteiger partial charge < -0.3 is 15.4 Å². The predicted octanol–water partition coefficient (Wildman–Crippen LogP) is 3.17. The molecule has 0 aliphatic carbocycles. The molecule has 0 amide bonds. The van der Waals surface area contributed by atoms with Gasteiger partial charge in [-0.2, -0.15) is 0 Å². The summed E-state index contributed by atoms with van der Waals surface area (Å²) >= 11 is 1.86. The molecular weight excluding hydrogens is 497 g/mol. The third kappa shape index (κ3) is 7.97. The van der Waals surface area contributed by atoms with Crippen molar-refractivity contribution in [1.82, 2.24) is 20.4 Å². The highest BCUT2D eigenvalue weighted by Gasteiger charge is 2.24. The fourth-order valence-corrected chi connectivity index (χ4v) is 5.20. The predicted molar refractivity (Wildman–Crippen MR) is 134 cm³/mol. The normalized spacial score (nSPS) is 24.9. The highest BCUT2D eigenvalue weighted by atomic mass is 127. The molecule has 0 saturated carbocycles. The fraction of sp³-hybridized carbons (Fsp3) is 0.762. The first-order valence-corrected chi connectivity index (χ1v) is 11.6. The van der Waals surface area contributed by atoms with E-state index in [4.69, 9.17) is 4.74 Å². The van der Waals surface area contributed by atoms with Gasteiger partial charge in [-0.25, -0.2) is 0 Å². The molecule has 0 radical (unpaired) electrons. The largest absolute Gasteiger partial charge is 0.373 e. The van der Waals surface area contributed by atoms with Gasteiger partial charge in [0.2, 0.25) is 0 Å². The van der Waals surface area contributed by atoms with Crippen molar-refractivity contribution in [2.75, 3.05) is 52.9 Å². The highest BCUT2D eigenvalue weighted by Crippen LogP contribution is 2.27. The fourth-order valence-electron chi connectivity index (χ4n) is 4.33. The third-order valence-electron chi connectivity index (χ3n) is 5.58. The Labute approximate surface area is 197 Å². The summed E-state index contributed by atoms with van der Waals surface area (Å²) in [7, 11) is 1.86. The van der Waals surface area contributed by atoms with Crippen LogP contribution < -0.4 is 10.6 Å². The highest BCUT2D eigenvalue weighted by molar-refractivity contribution is 14.0. The van der Waals surface area contributed by atoms with Crippen molar-refractivity contribution in [3.63, 3.8) is 0 Å². The Morgan fingerprint density at radius 3 is 2.59 bits per heavy atom. The zero-order valence-electron chi connectivity index (χ0n) is 18.1. The van der Waals surface area contributed by atoms with Crippen molar-refractivity contribution >= 4 is 41.3 Å². The van der Waals surface area contributed by atoms with Gasteiger partial charge in [-0.1, -0.05) is 6.07 Å². The van der Waals surface area contributed by atoms with Crippen molar-refractivity contribution in [1.29, 1.82) is 0 Å². The first kappa shape index (κ1) is 24.8. The van der Waals surface area contributed by atoms with Crippen molar-refractivity contribution < 1.29 is 4.74 Å². The SMILES string of the molecule is CN=C(NCCCN1CC(C)OC(C)C1)NCC(c1cccs1)N1CCCC1.I. The van der Waals surface area contributed by atoms with Crippen LogP contribution in [0.2, 0.25) is 0 Å². The number of thiophene rings is 1. The molecule has 3 rings (SSSR count). The van der Waals surface area contributed by atoms with Gasteiger partial charge >= 0.3 is 0 Å². The monoisotopic (exact) mass is 535 g/mol. The van der Waals surface area contributed by atoms with E-state index in [1.807, 2.05) is 18.4 Å². The number of nitrogens with zero attached hydrogens (tertiary/aromatic N) is 3. The Morgan fingerprint density at radius 2 is 1.97 bits per heavy atom. The maximum atomic E-state index is 5.82. The minimum absolute atomic E-state index is 0. The Hall–Kier alpha value is -0.420. The summed E-state index contributed by atoms with van der Waals surface area (Å²) in [6.07, 6.45) is 4.42. The van der Waals surface area contributed by atoms with Crippen LogP contribution >= 0.6 is 35.3 Å². The van der Waals surface area contributed by atoms with Crippen molar-refractivity contribution in [2.24, 2.45) is 4.99 Å². The molecule has 2 N–H and O–H groups in total. The van der Waals surface area contributed by atoms with E-state index in [9.17, 15) is 0 Å². The molecule has 6 nitrogen and oxygen atoms in total. The molecule has 29 heavy (non-hydrogen) atoms. The summed E-state index contributed by atoms with van der Waals surface area (Å²) < 4.78 is 5.82. The topological polar surface area (TPSA) is 52.1 Å². The number of likely N-dealkylation sites (tertiary alicyclic amines) is 1. The quantitative estimate of drug-likeness (QED) is 0.232. The number of halogens is 1. The van der Waals surface area contributed by atoms with Crippen LogP contribution in [0.3, 0.4) is 0 Å². The molecule has 8 heteroatoms. The van der Waals surface area contributed by atoms with Crippen molar-refractivity contribution in [3.05, 3.63) is 22.4 Å². The molecule has 166 valence electrons. The Kier molecular flexibility index (Phi) is 11.2. The van der Waals surface area contributed by atoms with Crippen LogP contribution in [0.1, 0.15) is 44.0 Å². The molecule has 0 spiro atoms. The summed E-state index contributed by atoms with van der Waals surface area (Å²) in [5, 5.41) is 9.23. The molecular formula is C21H38IN5OS. The minimum atomic E-state index is 0. The van der Waals surface area contributed by atoms with E-state index in [0.29, 0.717) is 18.2 Å². The number of morpholine rings is 1. The summed E-state index contributed by atoms with van der Waals surface area (Å²) in [6, 6.07) is 4.86. The van der Waals surface area contributed by atoms with Gasteiger partial charge in [-0.15, -0.1) is 35.3 Å². The average Bonchev–Trinajstić information content (AvgIpc) is 3.37. The van der Waals surface area contributed by atoms with Gasteiger partial charge in [0, 0.05) is 44.6 Å². The second-order valence-corrected chi connectivity index (χ2v) is 9.00. The summed E-state index contributed by atoms with van der Waals surface area (Å²) in [5.74, 6) is 0.907. The Balaban J connectivity index is 0.00000300. The lowest BCUT2D eigenvalue weighted by molar-refractivity contribution is -0.0679. The number of nitrogens with one attached hydrogen (secondary N) is 2. The van der Waals surface area contributed by atoms with Crippen LogP contribution in [0.15, 0.2) is 22.5 Å². The van der Waals surface area contributed by atoms with Gasteiger partial charge in [0.1, 0.15) is 0 Å². The van der Waals surface area contributed by atoms with Crippen LogP contribution in [-0.2, 0) is 4.74 Å². The maximum Gasteiger partial charge on any atom is 0.191 e. The molecule has 3 heterocycles. The number of ether oxygens (including phenoxy) is 1. The molecule has 2 aliphatic rings.